The van der Waals surface area contributed by atoms with Crippen molar-refractivity contribution >= 4 is 11.6 Å². The largest absolute Gasteiger partial charge is 0.497 e. The Bertz CT molecular complexity index is 1310. The lowest BCUT2D eigenvalue weighted by molar-refractivity contribution is -0.118. The Labute approximate surface area is 207 Å². The van der Waals surface area contributed by atoms with Crippen LogP contribution in [0, 0.1) is 0 Å². The smallest absolute Gasteiger partial charge is 0.262 e. The van der Waals surface area contributed by atoms with E-state index in [4.69, 9.17) is 28.2 Å². The van der Waals surface area contributed by atoms with Gasteiger partial charge in [-0.05, 0) is 48.5 Å². The lowest BCUT2D eigenvalue weighted by atomic mass is 10.1. The molecule has 0 aliphatic carbocycles. The molecule has 0 bridgehead atoms. The summed E-state index contributed by atoms with van der Waals surface area (Å²) >= 11 is 0. The number of anilines is 1. The van der Waals surface area contributed by atoms with Crippen LogP contribution in [-0.4, -0.2) is 51.1 Å². The number of ether oxygens (including phenoxy) is 5. The standard InChI is InChI=1S/C26H25N3O7/c1-31-17-9-11-18(12-10-17)35-15-23(30)27-20-8-6-5-7-19(20)26-28-25(29-36-26)16-13-21(32-2)24(34-4)22(14-16)33-3/h5-14H,15H2,1-4H3,(H,27,30). The van der Waals surface area contributed by atoms with E-state index in [0.29, 0.717) is 51.4 Å². The zero-order valence-corrected chi connectivity index (χ0v) is 20.2. The SMILES string of the molecule is COc1ccc(OCC(=O)Nc2ccccc2-c2nc(-c3cc(OC)c(OC)c(OC)c3)no2)cc1. The highest BCUT2D eigenvalue weighted by Gasteiger charge is 2.19. The summed E-state index contributed by atoms with van der Waals surface area (Å²) in [6.45, 7) is -0.179. The summed E-state index contributed by atoms with van der Waals surface area (Å²) < 4.78 is 32.4. The number of amides is 1. The second kappa shape index (κ2) is 11.1. The summed E-state index contributed by atoms with van der Waals surface area (Å²) in [6, 6.07) is 17.5. The van der Waals surface area contributed by atoms with Crippen LogP contribution in [0.5, 0.6) is 28.7 Å². The first-order valence-corrected chi connectivity index (χ1v) is 10.9. The maximum atomic E-state index is 12.6. The van der Waals surface area contributed by atoms with Gasteiger partial charge in [-0.2, -0.15) is 4.98 Å². The molecule has 1 N–H and O–H groups in total. The molecule has 4 aromatic rings. The van der Waals surface area contributed by atoms with Crippen LogP contribution < -0.4 is 29.0 Å². The molecule has 0 saturated carbocycles. The van der Waals surface area contributed by atoms with Gasteiger partial charge in [0.25, 0.3) is 11.8 Å². The predicted molar refractivity (Wildman–Crippen MR) is 132 cm³/mol. The van der Waals surface area contributed by atoms with Gasteiger partial charge in [0, 0.05) is 5.56 Å². The molecule has 3 aromatic carbocycles. The molecule has 0 saturated heterocycles. The van der Waals surface area contributed by atoms with Gasteiger partial charge in [0.2, 0.25) is 11.6 Å². The molecule has 0 aliphatic rings. The second-order valence-electron chi connectivity index (χ2n) is 7.40. The summed E-state index contributed by atoms with van der Waals surface area (Å²) in [5.41, 5.74) is 1.66. The van der Waals surface area contributed by atoms with Gasteiger partial charge in [-0.25, -0.2) is 0 Å². The number of nitrogens with zero attached hydrogens (tertiary/aromatic N) is 2. The fourth-order valence-electron chi connectivity index (χ4n) is 3.45. The van der Waals surface area contributed by atoms with E-state index in [-0.39, 0.29) is 18.4 Å². The highest BCUT2D eigenvalue weighted by atomic mass is 16.5. The van der Waals surface area contributed by atoms with Crippen LogP contribution in [-0.2, 0) is 4.79 Å². The van der Waals surface area contributed by atoms with Gasteiger partial charge in [-0.15, -0.1) is 0 Å². The molecule has 0 aliphatic heterocycles. The summed E-state index contributed by atoms with van der Waals surface area (Å²) in [5.74, 6) is 2.82. The number of carbonyl (C=O) groups excluding carboxylic acids is 1. The van der Waals surface area contributed by atoms with Crippen molar-refractivity contribution < 1.29 is 33.0 Å². The topological polar surface area (TPSA) is 114 Å². The van der Waals surface area contributed by atoms with Gasteiger partial charge in [0.15, 0.2) is 18.1 Å². The van der Waals surface area contributed by atoms with Crippen molar-refractivity contribution in [2.75, 3.05) is 40.4 Å². The average molecular weight is 492 g/mol. The molecular weight excluding hydrogens is 466 g/mol. The van der Waals surface area contributed by atoms with E-state index in [9.17, 15) is 4.79 Å². The van der Waals surface area contributed by atoms with Crippen molar-refractivity contribution in [2.24, 2.45) is 0 Å². The van der Waals surface area contributed by atoms with Crippen LogP contribution in [0.1, 0.15) is 0 Å². The zero-order valence-electron chi connectivity index (χ0n) is 20.2. The maximum absolute atomic E-state index is 12.6. The van der Waals surface area contributed by atoms with E-state index in [0.717, 1.165) is 0 Å². The number of carbonyl (C=O) groups is 1. The van der Waals surface area contributed by atoms with Crippen LogP contribution in [0.2, 0.25) is 0 Å². The van der Waals surface area contributed by atoms with Gasteiger partial charge in [0.05, 0.1) is 39.7 Å². The van der Waals surface area contributed by atoms with E-state index in [2.05, 4.69) is 15.5 Å². The molecule has 1 aromatic heterocycles. The van der Waals surface area contributed by atoms with Crippen molar-refractivity contribution in [3.8, 4) is 51.6 Å². The Morgan fingerprint density at radius 1 is 0.861 bits per heavy atom. The minimum Gasteiger partial charge on any atom is -0.497 e. The number of hydrogen-bond acceptors (Lipinski definition) is 9. The Morgan fingerprint density at radius 3 is 2.17 bits per heavy atom. The molecule has 36 heavy (non-hydrogen) atoms. The minimum atomic E-state index is -0.345. The summed E-state index contributed by atoms with van der Waals surface area (Å²) in [7, 11) is 6.16. The van der Waals surface area contributed by atoms with Gasteiger partial charge >= 0.3 is 0 Å². The van der Waals surface area contributed by atoms with E-state index < -0.39 is 0 Å². The number of hydrogen-bond donors (Lipinski definition) is 1. The van der Waals surface area contributed by atoms with Gasteiger partial charge in [0.1, 0.15) is 11.5 Å². The van der Waals surface area contributed by atoms with Gasteiger partial charge < -0.3 is 33.5 Å². The monoisotopic (exact) mass is 491 g/mol. The maximum Gasteiger partial charge on any atom is 0.262 e. The van der Waals surface area contributed by atoms with Crippen LogP contribution >= 0.6 is 0 Å². The molecule has 1 heterocycles. The highest BCUT2D eigenvalue weighted by molar-refractivity contribution is 5.95. The number of rotatable bonds is 10. The number of para-hydroxylation sites is 1. The van der Waals surface area contributed by atoms with Gasteiger partial charge in [-0.1, -0.05) is 17.3 Å². The lowest BCUT2D eigenvalue weighted by Crippen LogP contribution is -2.20. The number of benzene rings is 3. The van der Waals surface area contributed by atoms with Crippen molar-refractivity contribution in [1.82, 2.24) is 10.1 Å². The van der Waals surface area contributed by atoms with Crippen molar-refractivity contribution in [2.45, 2.75) is 0 Å². The molecule has 186 valence electrons. The first-order chi connectivity index (χ1) is 17.6. The highest BCUT2D eigenvalue weighted by Crippen LogP contribution is 2.41. The third-order valence-electron chi connectivity index (χ3n) is 5.21. The molecule has 10 heteroatoms. The van der Waals surface area contributed by atoms with Crippen LogP contribution in [0.4, 0.5) is 5.69 Å². The lowest BCUT2D eigenvalue weighted by Gasteiger charge is -2.12. The van der Waals surface area contributed by atoms with E-state index in [1.807, 2.05) is 6.07 Å². The third kappa shape index (κ3) is 5.33. The predicted octanol–water partition coefficient (Wildman–Crippen LogP) is 4.46. The van der Waals surface area contributed by atoms with E-state index in [1.165, 1.54) is 21.3 Å². The van der Waals surface area contributed by atoms with Crippen LogP contribution in [0.15, 0.2) is 65.2 Å². The molecule has 0 radical (unpaired) electrons. The fourth-order valence-corrected chi connectivity index (χ4v) is 3.45. The number of nitrogens with one attached hydrogen (secondary N) is 1. The zero-order chi connectivity index (χ0) is 25.5. The number of aromatic nitrogens is 2. The van der Waals surface area contributed by atoms with E-state index in [1.54, 1.807) is 61.7 Å². The van der Waals surface area contributed by atoms with Gasteiger partial charge in [-0.3, -0.25) is 4.79 Å². The second-order valence-corrected chi connectivity index (χ2v) is 7.40. The molecule has 1 amide bonds. The molecule has 0 spiro atoms. The van der Waals surface area contributed by atoms with Crippen molar-refractivity contribution in [1.29, 1.82) is 0 Å². The molecule has 0 atom stereocenters. The fraction of sp³-hybridized carbons (Fsp3) is 0.192. The van der Waals surface area contributed by atoms with Crippen molar-refractivity contribution in [3.05, 3.63) is 60.7 Å². The first kappa shape index (κ1) is 24.4. The third-order valence-corrected chi connectivity index (χ3v) is 5.21. The Hall–Kier alpha value is -4.73. The van der Waals surface area contributed by atoms with Crippen molar-refractivity contribution in [3.63, 3.8) is 0 Å². The Morgan fingerprint density at radius 2 is 1.53 bits per heavy atom. The molecular formula is C26H25N3O7. The Kier molecular flexibility index (Phi) is 7.54. The van der Waals surface area contributed by atoms with E-state index >= 15 is 0 Å². The first-order valence-electron chi connectivity index (χ1n) is 10.9. The number of methoxy groups -OCH3 is 4. The Balaban J connectivity index is 1.52. The minimum absolute atomic E-state index is 0.179. The molecule has 0 fully saturated rings. The molecule has 0 unspecified atom stereocenters. The molecule has 10 nitrogen and oxygen atoms in total. The van der Waals surface area contributed by atoms with Crippen LogP contribution in [0.3, 0.4) is 0 Å². The quantitative estimate of drug-likeness (QED) is 0.343. The average Bonchev–Trinajstić information content (AvgIpc) is 3.41. The van der Waals surface area contributed by atoms with Crippen LogP contribution in [0.25, 0.3) is 22.8 Å². The summed E-state index contributed by atoms with van der Waals surface area (Å²) in [5, 5.41) is 6.92. The summed E-state index contributed by atoms with van der Waals surface area (Å²) in [6.07, 6.45) is 0. The normalized spacial score (nSPS) is 10.4. The molecule has 4 rings (SSSR count). The summed E-state index contributed by atoms with van der Waals surface area (Å²) in [4.78, 5) is 17.1.